The lowest BCUT2D eigenvalue weighted by molar-refractivity contribution is -0.294. The van der Waals surface area contributed by atoms with Crippen molar-refractivity contribution in [3.05, 3.63) is 53.3 Å². The van der Waals surface area contributed by atoms with Crippen LogP contribution in [0.5, 0.6) is 23.0 Å². The van der Waals surface area contributed by atoms with Crippen molar-refractivity contribution in [3.63, 3.8) is 0 Å². The van der Waals surface area contributed by atoms with Crippen LogP contribution in [-0.4, -0.2) is 73.9 Å². The van der Waals surface area contributed by atoms with E-state index in [0.29, 0.717) is 5.56 Å². The molecular weight excluding hydrogens is 452 g/mol. The Kier molecular flexibility index (Phi) is 6.53. The molecule has 2 aliphatic heterocycles. The third kappa shape index (κ3) is 4.73. The number of ether oxygens (including phenoxy) is 4. The predicted octanol–water partition coefficient (Wildman–Crippen LogP) is 0.665. The maximum atomic E-state index is 11.1. The molecule has 4 rings (SSSR count). The van der Waals surface area contributed by atoms with E-state index in [0.717, 1.165) is 6.07 Å². The van der Waals surface area contributed by atoms with Gasteiger partial charge in [0.15, 0.2) is 6.10 Å². The number of aliphatic hydroxyl groups excluding tert-OH is 3. The molecule has 0 radical (unpaired) electrons. The smallest absolute Gasteiger partial charge is 0.302 e. The van der Waals surface area contributed by atoms with Crippen molar-refractivity contribution < 1.29 is 54.4 Å². The minimum atomic E-state index is -1.68. The zero-order valence-corrected chi connectivity index (χ0v) is 17.9. The Morgan fingerprint density at radius 2 is 1.68 bits per heavy atom. The van der Waals surface area contributed by atoms with Crippen LogP contribution >= 0.6 is 0 Å². The lowest BCUT2D eigenvalue weighted by Crippen LogP contribution is -2.59. The van der Waals surface area contributed by atoms with Crippen molar-refractivity contribution in [1.82, 2.24) is 0 Å². The lowest BCUT2D eigenvalue weighted by Gasteiger charge is -2.41. The van der Waals surface area contributed by atoms with Crippen LogP contribution in [0.15, 0.2) is 42.2 Å². The summed E-state index contributed by atoms with van der Waals surface area (Å²) in [7, 11) is 0. The molecule has 182 valence electrons. The topological polar surface area (TPSA) is 175 Å². The van der Waals surface area contributed by atoms with Gasteiger partial charge in [-0.1, -0.05) is 12.1 Å². The van der Waals surface area contributed by atoms with Crippen LogP contribution in [0.2, 0.25) is 0 Å². The van der Waals surface area contributed by atoms with Gasteiger partial charge in [0.2, 0.25) is 6.29 Å². The van der Waals surface area contributed by atoms with Gasteiger partial charge in [0.1, 0.15) is 59.8 Å². The molecule has 11 nitrogen and oxygen atoms in total. The lowest BCUT2D eigenvalue weighted by atomic mass is 9.98. The molecule has 0 aliphatic carbocycles. The van der Waals surface area contributed by atoms with E-state index in [1.54, 1.807) is 12.1 Å². The fraction of sp³-hybridized carbons (Fsp3) is 0.348. The number of esters is 1. The fourth-order valence-corrected chi connectivity index (χ4v) is 3.71. The summed E-state index contributed by atoms with van der Waals surface area (Å²) in [5, 5.41) is 60.7. The Hall–Kier alpha value is -3.51. The quantitative estimate of drug-likeness (QED) is 0.334. The number of hydrogen-bond donors (Lipinski definition) is 6. The summed E-state index contributed by atoms with van der Waals surface area (Å²) in [5.41, 5.74) is 0.699. The highest BCUT2D eigenvalue weighted by molar-refractivity contribution is 5.69. The van der Waals surface area contributed by atoms with E-state index in [4.69, 9.17) is 18.9 Å². The van der Waals surface area contributed by atoms with E-state index in [2.05, 4.69) is 0 Å². The minimum Gasteiger partial charge on any atom is -0.508 e. The number of hydrogen-bond acceptors (Lipinski definition) is 11. The zero-order chi connectivity index (χ0) is 24.6. The normalized spacial score (nSPS) is 28.3. The van der Waals surface area contributed by atoms with Gasteiger partial charge in [0.25, 0.3) is 0 Å². The number of fused-ring (bicyclic) bond motifs is 1. The van der Waals surface area contributed by atoms with Gasteiger partial charge < -0.3 is 49.6 Å². The molecule has 0 aromatic heterocycles. The van der Waals surface area contributed by atoms with Crippen LogP contribution in [0.25, 0.3) is 6.08 Å². The number of benzene rings is 2. The van der Waals surface area contributed by atoms with Crippen molar-refractivity contribution in [2.75, 3.05) is 6.61 Å². The van der Waals surface area contributed by atoms with Gasteiger partial charge in [-0.15, -0.1) is 0 Å². The Balaban J connectivity index is 1.67. The summed E-state index contributed by atoms with van der Waals surface area (Å²) in [6, 6.07) is 8.38. The van der Waals surface area contributed by atoms with Crippen LogP contribution in [0, 0.1) is 0 Å². The first kappa shape index (κ1) is 23.6. The summed E-state index contributed by atoms with van der Waals surface area (Å²) in [6.07, 6.45) is -7.14. The first-order valence-corrected chi connectivity index (χ1v) is 10.4. The largest absolute Gasteiger partial charge is 0.508 e. The number of aliphatic hydroxyl groups is 3. The number of phenols is 3. The second kappa shape index (κ2) is 9.39. The van der Waals surface area contributed by atoms with Gasteiger partial charge >= 0.3 is 5.97 Å². The van der Waals surface area contributed by atoms with E-state index in [1.807, 2.05) is 0 Å². The van der Waals surface area contributed by atoms with Crippen LogP contribution in [0.1, 0.15) is 24.2 Å². The monoisotopic (exact) mass is 476 g/mol. The molecular formula is C23H24O11. The van der Waals surface area contributed by atoms with Gasteiger partial charge in [-0.05, 0) is 18.2 Å². The highest BCUT2D eigenvalue weighted by Crippen LogP contribution is 2.44. The van der Waals surface area contributed by atoms with Gasteiger partial charge in [-0.3, -0.25) is 4.79 Å². The molecule has 0 spiro atoms. The van der Waals surface area contributed by atoms with E-state index < -0.39 is 42.8 Å². The van der Waals surface area contributed by atoms with Crippen molar-refractivity contribution in [2.24, 2.45) is 0 Å². The van der Waals surface area contributed by atoms with Crippen LogP contribution < -0.4 is 4.74 Å². The van der Waals surface area contributed by atoms with Crippen LogP contribution in [0.4, 0.5) is 0 Å². The third-order valence-corrected chi connectivity index (χ3v) is 5.46. The molecule has 11 heteroatoms. The molecule has 0 saturated carbocycles. The number of phenolic OH excluding ortho intramolecular Hbond substituents is 3. The zero-order valence-electron chi connectivity index (χ0n) is 17.9. The first-order valence-electron chi connectivity index (χ1n) is 10.4. The van der Waals surface area contributed by atoms with Crippen LogP contribution in [-0.2, 0) is 19.0 Å². The Morgan fingerprint density at radius 3 is 2.35 bits per heavy atom. The molecule has 1 fully saturated rings. The second-order valence-electron chi connectivity index (χ2n) is 7.95. The van der Waals surface area contributed by atoms with Gasteiger partial charge in [-0.25, -0.2) is 0 Å². The summed E-state index contributed by atoms with van der Waals surface area (Å²) in [4.78, 5) is 11.1. The highest BCUT2D eigenvalue weighted by Gasteiger charge is 2.46. The molecule has 6 N–H and O–H groups in total. The third-order valence-electron chi connectivity index (χ3n) is 5.46. The van der Waals surface area contributed by atoms with E-state index in [-0.39, 0.29) is 40.9 Å². The highest BCUT2D eigenvalue weighted by atomic mass is 16.7. The summed E-state index contributed by atoms with van der Waals surface area (Å²) in [6.45, 7) is 0.780. The van der Waals surface area contributed by atoms with Gasteiger partial charge in [0, 0.05) is 24.6 Å². The predicted molar refractivity (Wildman–Crippen MR) is 114 cm³/mol. The van der Waals surface area contributed by atoms with Crippen molar-refractivity contribution in [1.29, 1.82) is 0 Å². The Morgan fingerprint density at radius 1 is 0.971 bits per heavy atom. The molecule has 0 bridgehead atoms. The van der Waals surface area contributed by atoms with Gasteiger partial charge in [-0.2, -0.15) is 0 Å². The van der Waals surface area contributed by atoms with Crippen molar-refractivity contribution in [2.45, 2.75) is 43.7 Å². The average Bonchev–Trinajstić information content (AvgIpc) is 2.79. The van der Waals surface area contributed by atoms with Gasteiger partial charge in [0.05, 0.1) is 5.56 Å². The molecule has 1 unspecified atom stereocenters. The maximum absolute atomic E-state index is 11.1. The molecule has 0 amide bonds. The average molecular weight is 476 g/mol. The second-order valence-corrected chi connectivity index (χ2v) is 7.95. The Labute approximate surface area is 193 Å². The number of carbonyl (C=O) groups is 1. The van der Waals surface area contributed by atoms with E-state index >= 15 is 0 Å². The summed E-state index contributed by atoms with van der Waals surface area (Å²) < 4.78 is 22.2. The fourth-order valence-electron chi connectivity index (χ4n) is 3.71. The summed E-state index contributed by atoms with van der Waals surface area (Å²) in [5.74, 6) is -0.934. The molecule has 2 heterocycles. The molecule has 2 aromatic carbocycles. The first-order chi connectivity index (χ1) is 16.1. The number of rotatable bonds is 5. The van der Waals surface area contributed by atoms with Crippen molar-refractivity contribution >= 4 is 12.0 Å². The molecule has 6 atom stereocenters. The molecule has 2 aliphatic rings. The molecule has 2 aromatic rings. The van der Waals surface area contributed by atoms with Crippen molar-refractivity contribution in [3.8, 4) is 23.0 Å². The minimum absolute atomic E-state index is 0.0122. The maximum Gasteiger partial charge on any atom is 0.302 e. The van der Waals surface area contributed by atoms with Crippen LogP contribution in [0.3, 0.4) is 0 Å². The summed E-state index contributed by atoms with van der Waals surface area (Å²) >= 11 is 0. The number of aromatic hydroxyl groups is 3. The van der Waals surface area contributed by atoms with E-state index in [1.165, 1.54) is 31.2 Å². The number of carbonyl (C=O) groups excluding carboxylic acids is 1. The SMILES string of the molecule is CC(=O)OC[C@H]1O[C@@H](OC2=Cc3c(O)cc(O)cc3OC2c2ccc(O)cc2)[C@H](O)[C@@H](O)[C@@H]1O. The molecule has 1 saturated heterocycles. The standard InChI is InChI=1S/C23H24O11/c1-10(24)31-9-18-19(28)20(29)21(30)23(34-18)33-17-8-14-15(27)6-13(26)7-16(14)32-22(17)11-2-4-12(25)5-3-11/h2-8,18-23,25-30H,9H2,1H3/t18-,19-,20+,21-,22?,23-/m1/s1. The van der Waals surface area contributed by atoms with E-state index in [9.17, 15) is 35.4 Å². The Bertz CT molecular complexity index is 1080. The molecule has 34 heavy (non-hydrogen) atoms.